The van der Waals surface area contributed by atoms with Crippen LogP contribution >= 0.6 is 11.6 Å². The molecule has 1 aromatic carbocycles. The third-order valence-electron chi connectivity index (χ3n) is 2.94. The van der Waals surface area contributed by atoms with Gasteiger partial charge in [-0.25, -0.2) is 0 Å². The Kier molecular flexibility index (Phi) is 6.16. The number of hydrogen-bond acceptors (Lipinski definition) is 2. The second kappa shape index (κ2) is 7.39. The maximum absolute atomic E-state index is 12.0. The highest BCUT2D eigenvalue weighted by Gasteiger charge is 2.15. The fraction of sp³-hybridized carbons (Fsp3) is 0.533. The van der Waals surface area contributed by atoms with Gasteiger partial charge in [-0.15, -0.1) is 11.6 Å². The van der Waals surface area contributed by atoms with Gasteiger partial charge in [0.25, 0.3) is 5.91 Å². The van der Waals surface area contributed by atoms with Crippen LogP contribution in [0.3, 0.4) is 0 Å². The number of rotatable bonds is 6. The molecular formula is C15H22ClNO2. The van der Waals surface area contributed by atoms with Crippen LogP contribution in [0.2, 0.25) is 0 Å². The van der Waals surface area contributed by atoms with Crippen LogP contribution in [-0.2, 0) is 0 Å². The smallest absolute Gasteiger partial charge is 0.251 e. The van der Waals surface area contributed by atoms with Gasteiger partial charge in [-0.1, -0.05) is 6.92 Å². The summed E-state index contributed by atoms with van der Waals surface area (Å²) in [4.78, 5) is 12.0. The Bertz CT molecular complexity index is 403. The van der Waals surface area contributed by atoms with Crippen molar-refractivity contribution in [3.8, 4) is 5.75 Å². The van der Waals surface area contributed by atoms with Gasteiger partial charge < -0.3 is 10.1 Å². The van der Waals surface area contributed by atoms with E-state index in [1.54, 1.807) is 12.1 Å². The van der Waals surface area contributed by atoms with Gasteiger partial charge in [0.05, 0.1) is 6.10 Å². The first-order valence-electron chi connectivity index (χ1n) is 6.57. The molecule has 0 aliphatic carbocycles. The summed E-state index contributed by atoms with van der Waals surface area (Å²) < 4.78 is 5.54. The minimum atomic E-state index is -0.0828. The highest BCUT2D eigenvalue weighted by Crippen LogP contribution is 2.14. The number of alkyl halides is 1. The van der Waals surface area contributed by atoms with E-state index in [9.17, 15) is 4.79 Å². The summed E-state index contributed by atoms with van der Waals surface area (Å²) in [5, 5.41) is 2.94. The zero-order valence-corrected chi connectivity index (χ0v) is 12.7. The number of carbonyl (C=O) groups is 1. The molecule has 0 aromatic heterocycles. The highest BCUT2D eigenvalue weighted by molar-refractivity contribution is 6.18. The number of amides is 1. The number of hydrogen-bond donors (Lipinski definition) is 1. The molecule has 0 saturated carbocycles. The minimum absolute atomic E-state index is 0.0524. The molecule has 2 atom stereocenters. The Balaban J connectivity index is 2.62. The Morgan fingerprint density at radius 1 is 1.21 bits per heavy atom. The van der Waals surface area contributed by atoms with E-state index in [0.29, 0.717) is 11.4 Å². The summed E-state index contributed by atoms with van der Waals surface area (Å²) in [5.41, 5.74) is 0.629. The molecule has 4 heteroatoms. The Labute approximate surface area is 120 Å². The molecule has 1 aromatic rings. The van der Waals surface area contributed by atoms with Crippen molar-refractivity contribution in [2.45, 2.75) is 39.8 Å². The van der Waals surface area contributed by atoms with E-state index < -0.39 is 0 Å². The van der Waals surface area contributed by atoms with Crippen molar-refractivity contribution in [3.63, 3.8) is 0 Å². The Hall–Kier alpha value is -1.22. The molecule has 0 aliphatic heterocycles. The topological polar surface area (TPSA) is 38.3 Å². The van der Waals surface area contributed by atoms with Crippen LogP contribution in [-0.4, -0.2) is 23.9 Å². The van der Waals surface area contributed by atoms with Crippen LogP contribution in [0.1, 0.15) is 38.1 Å². The summed E-state index contributed by atoms with van der Waals surface area (Å²) in [6.07, 6.45) is 0.129. The van der Waals surface area contributed by atoms with Crippen LogP contribution in [0.25, 0.3) is 0 Å². The summed E-state index contributed by atoms with van der Waals surface area (Å²) in [6.45, 7) is 7.91. The molecule has 2 unspecified atom stereocenters. The van der Waals surface area contributed by atoms with E-state index in [2.05, 4.69) is 5.32 Å². The molecular weight excluding hydrogens is 262 g/mol. The molecule has 1 rings (SSSR count). The van der Waals surface area contributed by atoms with E-state index in [1.807, 2.05) is 39.8 Å². The standard InChI is InChI=1S/C15H22ClNO2/c1-10(2)19-14-7-5-13(6-8-14)15(18)17-12(4)11(3)9-16/h5-8,10-12H,9H2,1-4H3,(H,17,18). The van der Waals surface area contributed by atoms with Gasteiger partial charge in [-0.2, -0.15) is 0 Å². The lowest BCUT2D eigenvalue weighted by atomic mass is 10.1. The third kappa shape index (κ3) is 5.11. The van der Waals surface area contributed by atoms with Crippen LogP contribution in [0, 0.1) is 5.92 Å². The number of halogens is 1. The fourth-order valence-electron chi connectivity index (χ4n) is 1.52. The van der Waals surface area contributed by atoms with E-state index >= 15 is 0 Å². The van der Waals surface area contributed by atoms with E-state index in [1.165, 1.54) is 0 Å². The summed E-state index contributed by atoms with van der Waals surface area (Å²) in [5.74, 6) is 1.46. The van der Waals surface area contributed by atoms with Crippen LogP contribution < -0.4 is 10.1 Å². The zero-order valence-electron chi connectivity index (χ0n) is 11.9. The van der Waals surface area contributed by atoms with Gasteiger partial charge in [0, 0.05) is 17.5 Å². The SMILES string of the molecule is CC(C)Oc1ccc(C(=O)NC(C)C(C)CCl)cc1. The molecule has 0 saturated heterocycles. The average molecular weight is 284 g/mol. The molecule has 0 fully saturated rings. The van der Waals surface area contributed by atoms with E-state index in [0.717, 1.165) is 5.75 Å². The van der Waals surface area contributed by atoms with Gasteiger partial charge in [-0.05, 0) is 51.0 Å². The number of ether oxygens (including phenoxy) is 1. The average Bonchev–Trinajstić information content (AvgIpc) is 2.37. The predicted molar refractivity (Wildman–Crippen MR) is 79.0 cm³/mol. The van der Waals surface area contributed by atoms with Crippen molar-refractivity contribution >= 4 is 17.5 Å². The molecule has 3 nitrogen and oxygen atoms in total. The first-order valence-corrected chi connectivity index (χ1v) is 7.11. The largest absolute Gasteiger partial charge is 0.491 e. The molecule has 0 heterocycles. The fourth-order valence-corrected chi connectivity index (χ4v) is 1.79. The quantitative estimate of drug-likeness (QED) is 0.812. The minimum Gasteiger partial charge on any atom is -0.491 e. The van der Waals surface area contributed by atoms with Gasteiger partial charge in [0.1, 0.15) is 5.75 Å². The van der Waals surface area contributed by atoms with Gasteiger partial charge in [0.15, 0.2) is 0 Å². The van der Waals surface area contributed by atoms with Crippen LogP contribution in [0.4, 0.5) is 0 Å². The van der Waals surface area contributed by atoms with Crippen molar-refractivity contribution in [2.75, 3.05) is 5.88 Å². The van der Waals surface area contributed by atoms with Crippen molar-refractivity contribution in [1.29, 1.82) is 0 Å². The second-order valence-electron chi connectivity index (χ2n) is 5.08. The summed E-state index contributed by atoms with van der Waals surface area (Å²) >= 11 is 5.78. The maximum atomic E-state index is 12.0. The van der Waals surface area contributed by atoms with Crippen molar-refractivity contribution in [2.24, 2.45) is 5.92 Å². The van der Waals surface area contributed by atoms with Gasteiger partial charge >= 0.3 is 0 Å². The van der Waals surface area contributed by atoms with Crippen molar-refractivity contribution in [3.05, 3.63) is 29.8 Å². The van der Waals surface area contributed by atoms with Crippen LogP contribution in [0.15, 0.2) is 24.3 Å². The first kappa shape index (κ1) is 15.8. The number of carbonyl (C=O) groups excluding carboxylic acids is 1. The molecule has 0 bridgehead atoms. The molecule has 19 heavy (non-hydrogen) atoms. The van der Waals surface area contributed by atoms with Crippen molar-refractivity contribution in [1.82, 2.24) is 5.32 Å². The first-order chi connectivity index (χ1) is 8.93. The molecule has 0 radical (unpaired) electrons. The Morgan fingerprint density at radius 3 is 2.26 bits per heavy atom. The predicted octanol–water partition coefficient (Wildman–Crippen LogP) is 3.47. The molecule has 1 amide bonds. The lowest BCUT2D eigenvalue weighted by Crippen LogP contribution is -2.37. The van der Waals surface area contributed by atoms with Crippen molar-refractivity contribution < 1.29 is 9.53 Å². The van der Waals surface area contributed by atoms with E-state index in [-0.39, 0.29) is 24.0 Å². The monoisotopic (exact) mass is 283 g/mol. The Morgan fingerprint density at radius 2 is 1.79 bits per heavy atom. The summed E-state index contributed by atoms with van der Waals surface area (Å²) in [7, 11) is 0. The zero-order chi connectivity index (χ0) is 14.4. The lowest BCUT2D eigenvalue weighted by Gasteiger charge is -2.19. The maximum Gasteiger partial charge on any atom is 0.251 e. The molecule has 0 spiro atoms. The third-order valence-corrected chi connectivity index (χ3v) is 3.43. The molecule has 1 N–H and O–H groups in total. The van der Waals surface area contributed by atoms with Gasteiger partial charge in [-0.3, -0.25) is 4.79 Å². The molecule has 106 valence electrons. The van der Waals surface area contributed by atoms with Crippen LogP contribution in [0.5, 0.6) is 5.75 Å². The van der Waals surface area contributed by atoms with Gasteiger partial charge in [0.2, 0.25) is 0 Å². The molecule has 0 aliphatic rings. The number of nitrogens with one attached hydrogen (secondary N) is 1. The highest BCUT2D eigenvalue weighted by atomic mass is 35.5. The second-order valence-corrected chi connectivity index (χ2v) is 5.39. The van der Waals surface area contributed by atoms with E-state index in [4.69, 9.17) is 16.3 Å². The lowest BCUT2D eigenvalue weighted by molar-refractivity contribution is 0.0931. The normalized spacial score (nSPS) is 14.0. The summed E-state index contributed by atoms with van der Waals surface area (Å²) in [6, 6.07) is 7.21. The number of benzene rings is 1.